The number of halogens is 2. The smallest absolute Gasteiger partial charge is 0.123 e. The lowest BCUT2D eigenvalue weighted by atomic mass is 10.1. The van der Waals surface area contributed by atoms with Gasteiger partial charge in [-0.05, 0) is 45.8 Å². The van der Waals surface area contributed by atoms with Crippen molar-refractivity contribution in [1.82, 2.24) is 4.98 Å². The van der Waals surface area contributed by atoms with Crippen LogP contribution in [0.5, 0.6) is 0 Å². The van der Waals surface area contributed by atoms with Gasteiger partial charge in [-0.3, -0.25) is 0 Å². The van der Waals surface area contributed by atoms with Crippen molar-refractivity contribution in [3.05, 3.63) is 58.4 Å². The number of benzene rings is 1. The Morgan fingerprint density at radius 1 is 1.22 bits per heavy atom. The number of aliphatic hydroxyl groups excluding tert-OH is 1. The first-order valence-corrected chi connectivity index (χ1v) is 7.11. The molecule has 1 atom stereocenters. The molecule has 0 saturated heterocycles. The third kappa shape index (κ3) is 3.80. The van der Waals surface area contributed by atoms with Crippen LogP contribution in [0.1, 0.15) is 11.7 Å². The van der Waals surface area contributed by atoms with Gasteiger partial charge in [0, 0.05) is 16.4 Å². The average Bonchev–Trinajstić information content (AvgIpc) is 2.38. The first-order chi connectivity index (χ1) is 8.65. The Bertz CT molecular complexity index is 503. The summed E-state index contributed by atoms with van der Waals surface area (Å²) >= 11 is 4.77. The van der Waals surface area contributed by atoms with Crippen LogP contribution in [-0.4, -0.2) is 15.8 Å². The summed E-state index contributed by atoms with van der Waals surface area (Å²) in [5, 5.41) is 10.8. The molecule has 0 radical (unpaired) electrons. The molecule has 2 rings (SSSR count). The average molecular weight is 328 g/mol. The maximum absolute atomic E-state index is 12.7. The summed E-state index contributed by atoms with van der Waals surface area (Å²) in [7, 11) is 0. The second-order valence-electron chi connectivity index (χ2n) is 3.69. The Labute approximate surface area is 117 Å². The number of thioether (sulfide) groups is 1. The van der Waals surface area contributed by atoms with Crippen molar-refractivity contribution < 1.29 is 9.50 Å². The van der Waals surface area contributed by atoms with Crippen LogP contribution >= 0.6 is 27.7 Å². The van der Waals surface area contributed by atoms with Crippen molar-refractivity contribution in [2.45, 2.75) is 11.1 Å². The molecule has 0 fully saturated rings. The predicted molar refractivity (Wildman–Crippen MR) is 74.0 cm³/mol. The third-order valence-corrected chi connectivity index (χ3v) is 3.83. The van der Waals surface area contributed by atoms with E-state index >= 15 is 0 Å². The first-order valence-electron chi connectivity index (χ1n) is 5.33. The molecule has 0 amide bonds. The summed E-state index contributed by atoms with van der Waals surface area (Å²) in [6.07, 6.45) is 1.09. The highest BCUT2D eigenvalue weighted by Crippen LogP contribution is 2.24. The van der Waals surface area contributed by atoms with Crippen molar-refractivity contribution in [2.75, 3.05) is 5.75 Å². The van der Waals surface area contributed by atoms with Crippen LogP contribution in [-0.2, 0) is 0 Å². The highest BCUT2D eigenvalue weighted by atomic mass is 79.9. The number of aromatic nitrogens is 1. The highest BCUT2D eigenvalue weighted by Gasteiger charge is 2.08. The minimum Gasteiger partial charge on any atom is -0.388 e. The molecule has 18 heavy (non-hydrogen) atoms. The number of aliphatic hydroxyl groups is 1. The number of nitrogens with zero attached hydrogens (tertiary/aromatic N) is 1. The van der Waals surface area contributed by atoms with Crippen molar-refractivity contribution in [3.8, 4) is 0 Å². The zero-order chi connectivity index (χ0) is 13.0. The Balaban J connectivity index is 1.93. The quantitative estimate of drug-likeness (QED) is 0.867. The van der Waals surface area contributed by atoms with Gasteiger partial charge in [0.1, 0.15) is 5.82 Å². The Morgan fingerprint density at radius 3 is 2.56 bits per heavy atom. The summed E-state index contributed by atoms with van der Waals surface area (Å²) in [5.74, 6) is 0.188. The van der Waals surface area contributed by atoms with E-state index in [4.69, 9.17) is 0 Å². The van der Waals surface area contributed by atoms with Crippen LogP contribution in [0.4, 0.5) is 4.39 Å². The van der Waals surface area contributed by atoms with E-state index in [-0.39, 0.29) is 5.82 Å². The molecule has 0 bridgehead atoms. The lowest BCUT2D eigenvalue weighted by Gasteiger charge is -2.10. The van der Waals surface area contributed by atoms with Gasteiger partial charge in [0.05, 0.1) is 11.1 Å². The molecule has 1 heterocycles. The van der Waals surface area contributed by atoms with E-state index in [2.05, 4.69) is 20.9 Å². The SMILES string of the molecule is OC(CSc1ccc(Br)cn1)c1ccc(F)cc1. The molecule has 0 aliphatic rings. The molecular formula is C13H11BrFNOS. The molecule has 94 valence electrons. The highest BCUT2D eigenvalue weighted by molar-refractivity contribution is 9.10. The van der Waals surface area contributed by atoms with E-state index < -0.39 is 6.10 Å². The van der Waals surface area contributed by atoms with Crippen molar-refractivity contribution in [1.29, 1.82) is 0 Å². The van der Waals surface area contributed by atoms with Crippen LogP contribution < -0.4 is 0 Å². The van der Waals surface area contributed by atoms with Gasteiger partial charge in [0.2, 0.25) is 0 Å². The van der Waals surface area contributed by atoms with E-state index in [1.54, 1.807) is 18.3 Å². The van der Waals surface area contributed by atoms with Gasteiger partial charge in [0.15, 0.2) is 0 Å². The van der Waals surface area contributed by atoms with Crippen molar-refractivity contribution in [2.24, 2.45) is 0 Å². The summed E-state index contributed by atoms with van der Waals surface area (Å²) < 4.78 is 13.7. The number of rotatable bonds is 4. The van der Waals surface area contributed by atoms with Crippen LogP contribution in [0.25, 0.3) is 0 Å². The molecule has 1 N–H and O–H groups in total. The number of hydrogen-bond acceptors (Lipinski definition) is 3. The molecule has 5 heteroatoms. The number of pyridine rings is 1. The van der Waals surface area contributed by atoms with Gasteiger partial charge in [-0.15, -0.1) is 11.8 Å². The zero-order valence-corrected chi connectivity index (χ0v) is 11.8. The predicted octanol–water partition coefficient (Wildman–Crippen LogP) is 3.81. The molecule has 0 spiro atoms. The van der Waals surface area contributed by atoms with Gasteiger partial charge in [-0.2, -0.15) is 0 Å². The molecule has 1 aromatic heterocycles. The Hall–Kier alpha value is -0.910. The fourth-order valence-corrected chi connectivity index (χ4v) is 2.44. The fourth-order valence-electron chi connectivity index (χ4n) is 1.39. The lowest BCUT2D eigenvalue weighted by molar-refractivity contribution is 0.204. The van der Waals surface area contributed by atoms with Gasteiger partial charge < -0.3 is 5.11 Å². The fraction of sp³-hybridized carbons (Fsp3) is 0.154. The summed E-state index contributed by atoms with van der Waals surface area (Å²) in [4.78, 5) is 4.20. The molecule has 0 saturated carbocycles. The van der Waals surface area contributed by atoms with Gasteiger partial charge in [-0.25, -0.2) is 9.37 Å². The molecule has 2 nitrogen and oxygen atoms in total. The topological polar surface area (TPSA) is 33.1 Å². The molecule has 1 unspecified atom stereocenters. The second-order valence-corrected chi connectivity index (χ2v) is 5.65. The summed E-state index contributed by atoms with van der Waals surface area (Å²) in [5.41, 5.74) is 0.709. The van der Waals surface area contributed by atoms with Crippen molar-refractivity contribution in [3.63, 3.8) is 0 Å². The third-order valence-electron chi connectivity index (χ3n) is 2.34. The van der Waals surface area contributed by atoms with Gasteiger partial charge >= 0.3 is 0 Å². The normalized spacial score (nSPS) is 12.4. The molecule has 2 aromatic rings. The van der Waals surface area contributed by atoms with E-state index in [9.17, 15) is 9.50 Å². The Kier molecular flexibility index (Phi) is 4.74. The maximum Gasteiger partial charge on any atom is 0.123 e. The maximum atomic E-state index is 12.7. The summed E-state index contributed by atoms with van der Waals surface area (Å²) in [6, 6.07) is 9.67. The van der Waals surface area contributed by atoms with E-state index in [0.29, 0.717) is 11.3 Å². The van der Waals surface area contributed by atoms with E-state index in [1.807, 2.05) is 12.1 Å². The molecule has 1 aromatic carbocycles. The monoisotopic (exact) mass is 327 g/mol. The van der Waals surface area contributed by atoms with Crippen LogP contribution in [0.15, 0.2) is 52.1 Å². The standard InChI is InChI=1S/C13H11BrFNOS/c14-10-3-6-13(16-7-10)18-8-12(17)9-1-4-11(15)5-2-9/h1-7,12,17H,8H2. The van der Waals surface area contributed by atoms with Crippen molar-refractivity contribution >= 4 is 27.7 Å². The molecular weight excluding hydrogens is 317 g/mol. The van der Waals surface area contributed by atoms with E-state index in [0.717, 1.165) is 9.50 Å². The minimum atomic E-state index is -0.624. The first kappa shape index (κ1) is 13.5. The van der Waals surface area contributed by atoms with E-state index in [1.165, 1.54) is 23.9 Å². The molecule has 0 aliphatic heterocycles. The van der Waals surface area contributed by atoms with Crippen LogP contribution in [0.3, 0.4) is 0 Å². The molecule has 0 aliphatic carbocycles. The van der Waals surface area contributed by atoms with Crippen LogP contribution in [0, 0.1) is 5.82 Å². The zero-order valence-electron chi connectivity index (χ0n) is 9.38. The van der Waals surface area contributed by atoms with Gasteiger partial charge in [-0.1, -0.05) is 12.1 Å². The van der Waals surface area contributed by atoms with Crippen LogP contribution in [0.2, 0.25) is 0 Å². The largest absolute Gasteiger partial charge is 0.388 e. The summed E-state index contributed by atoms with van der Waals surface area (Å²) in [6.45, 7) is 0. The minimum absolute atomic E-state index is 0.298. The van der Waals surface area contributed by atoms with Gasteiger partial charge in [0.25, 0.3) is 0 Å². The lowest BCUT2D eigenvalue weighted by Crippen LogP contribution is -2.00. The Morgan fingerprint density at radius 2 is 1.94 bits per heavy atom. The second kappa shape index (κ2) is 6.31. The number of hydrogen-bond donors (Lipinski definition) is 1.